The molecule has 222 valence electrons. The van der Waals surface area contributed by atoms with Gasteiger partial charge in [-0.3, -0.25) is 9.69 Å². The van der Waals surface area contributed by atoms with E-state index in [4.69, 9.17) is 9.47 Å². The molecule has 3 fully saturated rings. The van der Waals surface area contributed by atoms with Gasteiger partial charge in [-0.2, -0.15) is 0 Å². The Kier molecular flexibility index (Phi) is 8.25. The third-order valence-electron chi connectivity index (χ3n) is 9.32. The molecule has 2 N–H and O–H groups in total. The van der Waals surface area contributed by atoms with Gasteiger partial charge in [0.1, 0.15) is 0 Å². The molecule has 6 nitrogen and oxygen atoms in total. The van der Waals surface area contributed by atoms with Crippen molar-refractivity contribution in [3.63, 3.8) is 0 Å². The molecule has 0 aromatic heterocycles. The Bertz CT molecular complexity index is 1360. The van der Waals surface area contributed by atoms with Crippen LogP contribution >= 0.6 is 0 Å². The lowest BCUT2D eigenvalue weighted by molar-refractivity contribution is -0.253. The minimum absolute atomic E-state index is 0.0315. The van der Waals surface area contributed by atoms with E-state index in [1.165, 1.54) is 19.3 Å². The van der Waals surface area contributed by atoms with Crippen LogP contribution in [0.2, 0.25) is 0 Å². The maximum atomic E-state index is 12.5. The van der Waals surface area contributed by atoms with Gasteiger partial charge in [-0.25, -0.2) is 0 Å². The first-order valence-electron chi connectivity index (χ1n) is 15.4. The number of carbonyl (C=O) groups excluding carboxylic acids is 1. The molecule has 2 heterocycles. The Hall–Kier alpha value is -3.03. The van der Waals surface area contributed by atoms with Crippen molar-refractivity contribution >= 4 is 5.91 Å². The lowest BCUT2D eigenvalue weighted by atomic mass is 9.65. The third kappa shape index (κ3) is 6.63. The van der Waals surface area contributed by atoms with E-state index in [-0.39, 0.29) is 24.7 Å². The number of carbonyl (C=O) groups is 1. The number of aliphatic hydroxyl groups excluding tert-OH is 1. The van der Waals surface area contributed by atoms with E-state index in [2.05, 4.69) is 55.3 Å². The van der Waals surface area contributed by atoms with Crippen LogP contribution in [0, 0.1) is 10.8 Å². The lowest BCUT2D eigenvalue weighted by Gasteiger charge is -2.41. The fourth-order valence-electron chi connectivity index (χ4n) is 7.75. The van der Waals surface area contributed by atoms with E-state index in [0.29, 0.717) is 29.0 Å². The first-order valence-corrected chi connectivity index (χ1v) is 15.4. The Balaban J connectivity index is 1.16. The fourth-order valence-corrected chi connectivity index (χ4v) is 7.75. The second kappa shape index (κ2) is 11.9. The lowest BCUT2D eigenvalue weighted by Crippen LogP contribution is -2.42. The predicted octanol–water partition coefficient (Wildman–Crippen LogP) is 6.55. The summed E-state index contributed by atoms with van der Waals surface area (Å²) in [7, 11) is 0. The van der Waals surface area contributed by atoms with Crippen molar-refractivity contribution in [3.8, 4) is 0 Å². The summed E-state index contributed by atoms with van der Waals surface area (Å²) >= 11 is 0. The zero-order valence-electron chi connectivity index (χ0n) is 25.1. The second-order valence-corrected chi connectivity index (χ2v) is 13.8. The van der Waals surface area contributed by atoms with Crippen LogP contribution in [-0.2, 0) is 22.6 Å². The number of amides is 1. The second-order valence-electron chi connectivity index (χ2n) is 13.8. The number of hydrogen-bond acceptors (Lipinski definition) is 5. The predicted molar refractivity (Wildman–Crippen MR) is 164 cm³/mol. The van der Waals surface area contributed by atoms with Crippen molar-refractivity contribution < 1.29 is 19.4 Å². The minimum Gasteiger partial charge on any atom is -0.392 e. The highest BCUT2D eigenvalue weighted by Crippen LogP contribution is 2.53. The van der Waals surface area contributed by atoms with Gasteiger partial charge in [-0.1, -0.05) is 87.5 Å². The Morgan fingerprint density at radius 2 is 1.60 bits per heavy atom. The number of hydrogen-bond donors (Lipinski definition) is 2. The first-order chi connectivity index (χ1) is 20.2. The van der Waals surface area contributed by atoms with E-state index < -0.39 is 6.29 Å². The van der Waals surface area contributed by atoms with Crippen LogP contribution in [0.1, 0.15) is 91.5 Å². The van der Waals surface area contributed by atoms with Gasteiger partial charge in [-0.15, -0.1) is 0 Å². The van der Waals surface area contributed by atoms with Gasteiger partial charge in [0.2, 0.25) is 0 Å². The molecule has 6 rings (SSSR count). The summed E-state index contributed by atoms with van der Waals surface area (Å²) in [6.07, 6.45) is 4.06. The Morgan fingerprint density at radius 3 is 2.31 bits per heavy atom. The van der Waals surface area contributed by atoms with E-state index in [9.17, 15) is 9.90 Å². The van der Waals surface area contributed by atoms with Gasteiger partial charge in [0, 0.05) is 43.2 Å². The van der Waals surface area contributed by atoms with Crippen LogP contribution in [0.5, 0.6) is 0 Å². The molecule has 1 amide bonds. The van der Waals surface area contributed by atoms with Gasteiger partial charge < -0.3 is 19.9 Å². The molecule has 42 heavy (non-hydrogen) atoms. The van der Waals surface area contributed by atoms with Crippen molar-refractivity contribution in [2.75, 3.05) is 13.1 Å². The fraction of sp³-hybridized carbons (Fsp3) is 0.472. The van der Waals surface area contributed by atoms with Crippen LogP contribution in [0.4, 0.5) is 0 Å². The first kappa shape index (κ1) is 29.1. The van der Waals surface area contributed by atoms with Crippen molar-refractivity contribution in [2.45, 2.75) is 84.1 Å². The van der Waals surface area contributed by atoms with Gasteiger partial charge in [-0.05, 0) is 58.9 Å². The molecule has 2 bridgehead atoms. The van der Waals surface area contributed by atoms with E-state index in [1.54, 1.807) is 0 Å². The number of benzene rings is 3. The van der Waals surface area contributed by atoms with Crippen molar-refractivity contribution in [1.29, 1.82) is 0 Å². The molecule has 2 aliphatic heterocycles. The van der Waals surface area contributed by atoms with E-state index in [0.717, 1.165) is 41.8 Å². The van der Waals surface area contributed by atoms with Crippen LogP contribution < -0.4 is 5.32 Å². The van der Waals surface area contributed by atoms with Crippen molar-refractivity contribution in [2.24, 2.45) is 10.8 Å². The van der Waals surface area contributed by atoms with Crippen LogP contribution in [0.15, 0.2) is 78.9 Å². The highest BCUT2D eigenvalue weighted by Gasteiger charge is 2.50. The molecule has 2 saturated heterocycles. The molecular weight excluding hydrogens is 524 g/mol. The number of likely N-dealkylation sites (tertiary alicyclic amines) is 1. The van der Waals surface area contributed by atoms with E-state index >= 15 is 0 Å². The molecule has 3 aromatic rings. The summed E-state index contributed by atoms with van der Waals surface area (Å²) in [4.78, 5) is 15.2. The molecule has 0 spiro atoms. The summed E-state index contributed by atoms with van der Waals surface area (Å²) in [5.74, 6) is -0.0832. The minimum atomic E-state index is -0.478. The average molecular weight is 569 g/mol. The Morgan fingerprint density at radius 1 is 0.905 bits per heavy atom. The Labute approximate surface area is 250 Å². The van der Waals surface area contributed by atoms with Gasteiger partial charge >= 0.3 is 0 Å². The maximum Gasteiger partial charge on any atom is 0.251 e. The molecule has 2 unspecified atom stereocenters. The number of nitrogens with one attached hydrogen (secondary N) is 1. The molecule has 1 aliphatic carbocycles. The smallest absolute Gasteiger partial charge is 0.251 e. The molecule has 6 heteroatoms. The third-order valence-corrected chi connectivity index (χ3v) is 9.32. The topological polar surface area (TPSA) is 71.0 Å². The summed E-state index contributed by atoms with van der Waals surface area (Å²) in [6, 6.07) is 26.1. The quantitative estimate of drug-likeness (QED) is 0.322. The van der Waals surface area contributed by atoms with Crippen LogP contribution in [0.25, 0.3) is 0 Å². The zero-order chi connectivity index (χ0) is 29.3. The highest BCUT2D eigenvalue weighted by atomic mass is 16.7. The van der Waals surface area contributed by atoms with Crippen molar-refractivity contribution in [1.82, 2.24) is 10.2 Å². The van der Waals surface area contributed by atoms with Crippen molar-refractivity contribution in [3.05, 3.63) is 107 Å². The number of nitrogens with zero attached hydrogens (tertiary/aromatic N) is 1. The number of ether oxygens (including phenoxy) is 2. The maximum absolute atomic E-state index is 12.5. The number of aliphatic hydroxyl groups is 1. The summed E-state index contributed by atoms with van der Waals surface area (Å²) in [5, 5.41) is 12.5. The van der Waals surface area contributed by atoms with Crippen LogP contribution in [-0.4, -0.2) is 41.1 Å². The molecule has 5 atom stereocenters. The van der Waals surface area contributed by atoms with Crippen LogP contribution in [0.3, 0.4) is 0 Å². The van der Waals surface area contributed by atoms with E-state index in [1.807, 2.05) is 54.6 Å². The van der Waals surface area contributed by atoms with Gasteiger partial charge in [0.15, 0.2) is 6.29 Å². The normalized spacial score (nSPS) is 28.9. The molecule has 0 radical (unpaired) electrons. The zero-order valence-corrected chi connectivity index (χ0v) is 25.1. The SMILES string of the molecule is CC1(C)CC2CC(C)(CN2C[C@H]2C[C@@H](c3ccc(CO)cc3)O[C@@H](c3ccc(CNC(=O)c4ccccc4)cc3)O2)C1. The standard InChI is InChI=1S/C36H44N2O4/c1-35(2)18-30-19-36(3,23-35)24-38(30)21-31-17-32(27-13-11-26(22-39)12-14-27)42-34(41-31)29-15-9-25(10-16-29)20-37-33(40)28-7-5-4-6-8-28/h4-16,30-32,34,39H,17-24H2,1-3H3,(H,37,40)/t30?,31-,32+,34+,36?/m1/s1. The summed E-state index contributed by atoms with van der Waals surface area (Å²) < 4.78 is 13.3. The average Bonchev–Trinajstić information content (AvgIpc) is 3.23. The number of rotatable bonds is 8. The van der Waals surface area contributed by atoms with Gasteiger partial charge in [0.05, 0.1) is 18.8 Å². The van der Waals surface area contributed by atoms with Gasteiger partial charge in [0.25, 0.3) is 5.91 Å². The highest BCUT2D eigenvalue weighted by molar-refractivity contribution is 5.94. The molecular formula is C36H44N2O4. The molecule has 3 aromatic carbocycles. The monoisotopic (exact) mass is 568 g/mol. The molecule has 3 aliphatic rings. The summed E-state index contributed by atoms with van der Waals surface area (Å²) in [6.45, 7) is 9.83. The largest absolute Gasteiger partial charge is 0.392 e. The number of fused-ring (bicyclic) bond motifs is 2. The summed E-state index contributed by atoms with van der Waals surface area (Å²) in [5.41, 5.74) is 5.41. The molecule has 1 saturated carbocycles.